The van der Waals surface area contributed by atoms with E-state index in [0.717, 1.165) is 5.69 Å². The average molecular weight is 249 g/mol. The number of aromatic nitrogens is 2. The van der Waals surface area contributed by atoms with Crippen molar-refractivity contribution in [2.24, 2.45) is 12.8 Å². The summed E-state index contributed by atoms with van der Waals surface area (Å²) in [5, 5.41) is 4.19. The summed E-state index contributed by atoms with van der Waals surface area (Å²) in [6.45, 7) is 3.67. The van der Waals surface area contributed by atoms with Crippen LogP contribution in [0.4, 0.5) is 4.39 Å². The first-order valence-electron chi connectivity index (χ1n) is 5.71. The Labute approximate surface area is 105 Å². The van der Waals surface area contributed by atoms with Crippen molar-refractivity contribution in [2.45, 2.75) is 19.9 Å². The van der Waals surface area contributed by atoms with Gasteiger partial charge in [-0.3, -0.25) is 0 Å². The van der Waals surface area contributed by atoms with Crippen molar-refractivity contribution in [3.8, 4) is 11.6 Å². The third-order valence-corrected chi connectivity index (χ3v) is 2.64. The number of aryl methyl sites for hydroxylation is 2. The lowest BCUT2D eigenvalue weighted by Crippen LogP contribution is -2.07. The van der Waals surface area contributed by atoms with Gasteiger partial charge in [-0.15, -0.1) is 0 Å². The van der Waals surface area contributed by atoms with E-state index in [1.807, 2.05) is 13.0 Å². The topological polar surface area (TPSA) is 53.1 Å². The van der Waals surface area contributed by atoms with Crippen LogP contribution in [0.15, 0.2) is 24.3 Å². The smallest absolute Gasteiger partial charge is 0.217 e. The van der Waals surface area contributed by atoms with Crippen molar-refractivity contribution in [3.05, 3.63) is 41.3 Å². The van der Waals surface area contributed by atoms with Crippen LogP contribution in [0.3, 0.4) is 0 Å². The van der Waals surface area contributed by atoms with Gasteiger partial charge in [0.2, 0.25) is 5.88 Å². The van der Waals surface area contributed by atoms with Gasteiger partial charge in [-0.2, -0.15) is 5.10 Å². The van der Waals surface area contributed by atoms with Gasteiger partial charge in [-0.25, -0.2) is 9.07 Å². The minimum absolute atomic E-state index is 0.301. The highest BCUT2D eigenvalue weighted by molar-refractivity contribution is 5.38. The van der Waals surface area contributed by atoms with Crippen LogP contribution < -0.4 is 10.5 Å². The molecule has 0 saturated carbocycles. The second-order valence-electron chi connectivity index (χ2n) is 4.32. The van der Waals surface area contributed by atoms with Gasteiger partial charge in [0, 0.05) is 24.7 Å². The van der Waals surface area contributed by atoms with E-state index in [-0.39, 0.29) is 11.9 Å². The fraction of sp³-hybridized carbons (Fsp3) is 0.308. The van der Waals surface area contributed by atoms with Crippen molar-refractivity contribution in [1.29, 1.82) is 0 Å². The van der Waals surface area contributed by atoms with Crippen LogP contribution in [0.25, 0.3) is 0 Å². The van der Waals surface area contributed by atoms with Crippen molar-refractivity contribution < 1.29 is 9.13 Å². The molecular weight excluding hydrogens is 233 g/mol. The largest absolute Gasteiger partial charge is 0.439 e. The molecule has 96 valence electrons. The third-order valence-electron chi connectivity index (χ3n) is 2.64. The molecule has 5 heteroatoms. The summed E-state index contributed by atoms with van der Waals surface area (Å²) >= 11 is 0. The van der Waals surface area contributed by atoms with Crippen LogP contribution in [0, 0.1) is 12.7 Å². The molecule has 1 aromatic heterocycles. The summed E-state index contributed by atoms with van der Waals surface area (Å²) in [5.74, 6) is 0.825. The Balaban J connectivity index is 2.37. The van der Waals surface area contributed by atoms with Crippen molar-refractivity contribution in [3.63, 3.8) is 0 Å². The van der Waals surface area contributed by atoms with E-state index in [2.05, 4.69) is 5.10 Å². The van der Waals surface area contributed by atoms with Crippen molar-refractivity contribution >= 4 is 0 Å². The molecule has 2 rings (SSSR count). The number of ether oxygens (including phenoxy) is 1. The molecule has 2 N–H and O–H groups in total. The fourth-order valence-corrected chi connectivity index (χ4v) is 1.76. The number of hydrogen-bond acceptors (Lipinski definition) is 3. The first-order chi connectivity index (χ1) is 8.47. The molecule has 4 nitrogen and oxygen atoms in total. The molecule has 0 radical (unpaired) electrons. The number of rotatable bonds is 3. The van der Waals surface area contributed by atoms with E-state index >= 15 is 0 Å². The van der Waals surface area contributed by atoms with Crippen LogP contribution in [-0.4, -0.2) is 9.78 Å². The zero-order chi connectivity index (χ0) is 13.3. The molecule has 1 aromatic carbocycles. The molecule has 18 heavy (non-hydrogen) atoms. The molecule has 0 saturated heterocycles. The van der Waals surface area contributed by atoms with Gasteiger partial charge in [0.05, 0.1) is 5.69 Å². The SMILES string of the molecule is Cc1cc(Oc2ccc(F)cc2[C@@H](C)N)n(C)n1. The van der Waals surface area contributed by atoms with E-state index in [0.29, 0.717) is 17.2 Å². The molecule has 1 atom stereocenters. The molecule has 0 spiro atoms. The number of nitrogens with two attached hydrogens (primary N) is 1. The molecule has 0 aliphatic heterocycles. The van der Waals surface area contributed by atoms with Crippen LogP contribution in [0.1, 0.15) is 24.2 Å². The summed E-state index contributed by atoms with van der Waals surface area (Å²) in [5.41, 5.74) is 7.30. The molecule has 0 bridgehead atoms. The Morgan fingerprint density at radius 1 is 1.39 bits per heavy atom. The van der Waals surface area contributed by atoms with Crippen LogP contribution in [-0.2, 0) is 7.05 Å². The van der Waals surface area contributed by atoms with Gasteiger partial charge in [-0.1, -0.05) is 0 Å². The Morgan fingerprint density at radius 3 is 2.67 bits per heavy atom. The van der Waals surface area contributed by atoms with Crippen LogP contribution >= 0.6 is 0 Å². The summed E-state index contributed by atoms with van der Waals surface area (Å²) < 4.78 is 20.6. The number of nitrogens with zero attached hydrogens (tertiary/aromatic N) is 2. The average Bonchev–Trinajstić information content (AvgIpc) is 2.60. The molecule has 0 fully saturated rings. The third kappa shape index (κ3) is 2.51. The summed E-state index contributed by atoms with van der Waals surface area (Å²) in [6.07, 6.45) is 0. The van der Waals surface area contributed by atoms with Crippen LogP contribution in [0.5, 0.6) is 11.6 Å². The van der Waals surface area contributed by atoms with Gasteiger partial charge < -0.3 is 10.5 Å². The molecule has 0 aliphatic rings. The predicted molar refractivity (Wildman–Crippen MR) is 67.0 cm³/mol. The first kappa shape index (κ1) is 12.6. The first-order valence-corrected chi connectivity index (χ1v) is 5.71. The van der Waals surface area contributed by atoms with E-state index in [1.165, 1.54) is 12.1 Å². The molecule has 0 unspecified atom stereocenters. The minimum Gasteiger partial charge on any atom is -0.439 e. The van der Waals surface area contributed by atoms with E-state index in [9.17, 15) is 4.39 Å². The molecule has 1 heterocycles. The molecule has 2 aromatic rings. The fourth-order valence-electron chi connectivity index (χ4n) is 1.76. The normalized spacial score (nSPS) is 12.5. The molecular formula is C13H16FN3O. The van der Waals surface area contributed by atoms with E-state index < -0.39 is 0 Å². The van der Waals surface area contributed by atoms with Gasteiger partial charge in [-0.05, 0) is 32.0 Å². The minimum atomic E-state index is -0.323. The van der Waals surface area contributed by atoms with Gasteiger partial charge in [0.15, 0.2) is 0 Å². The quantitative estimate of drug-likeness (QED) is 0.909. The highest BCUT2D eigenvalue weighted by Gasteiger charge is 2.12. The molecule has 0 amide bonds. The lowest BCUT2D eigenvalue weighted by Gasteiger charge is -2.13. The second-order valence-corrected chi connectivity index (χ2v) is 4.32. The maximum atomic E-state index is 13.2. The predicted octanol–water partition coefficient (Wildman–Crippen LogP) is 2.68. The number of benzene rings is 1. The van der Waals surface area contributed by atoms with Crippen molar-refractivity contribution in [2.75, 3.05) is 0 Å². The highest BCUT2D eigenvalue weighted by Crippen LogP contribution is 2.29. The zero-order valence-corrected chi connectivity index (χ0v) is 10.6. The Bertz CT molecular complexity index is 563. The van der Waals surface area contributed by atoms with Gasteiger partial charge >= 0.3 is 0 Å². The Kier molecular flexibility index (Phi) is 3.34. The van der Waals surface area contributed by atoms with Gasteiger partial charge in [0.25, 0.3) is 0 Å². The monoisotopic (exact) mass is 249 g/mol. The standard InChI is InChI=1S/C13H16FN3O/c1-8-6-13(17(3)16-8)18-12-5-4-10(14)7-11(12)9(2)15/h4-7,9H,15H2,1-3H3/t9-/m1/s1. The molecule has 0 aliphatic carbocycles. The Hall–Kier alpha value is -1.88. The lowest BCUT2D eigenvalue weighted by atomic mass is 10.1. The zero-order valence-electron chi connectivity index (χ0n) is 10.6. The second kappa shape index (κ2) is 4.78. The lowest BCUT2D eigenvalue weighted by molar-refractivity contribution is 0.422. The van der Waals surface area contributed by atoms with E-state index in [4.69, 9.17) is 10.5 Å². The highest BCUT2D eigenvalue weighted by atomic mass is 19.1. The Morgan fingerprint density at radius 2 is 2.11 bits per heavy atom. The summed E-state index contributed by atoms with van der Waals surface area (Å²) in [7, 11) is 1.79. The summed E-state index contributed by atoms with van der Waals surface area (Å²) in [6, 6.07) is 5.84. The maximum absolute atomic E-state index is 13.2. The van der Waals surface area contributed by atoms with Crippen LogP contribution in [0.2, 0.25) is 0 Å². The number of halogens is 1. The van der Waals surface area contributed by atoms with Gasteiger partial charge in [0.1, 0.15) is 11.6 Å². The number of hydrogen-bond donors (Lipinski definition) is 1. The van der Waals surface area contributed by atoms with Crippen molar-refractivity contribution in [1.82, 2.24) is 9.78 Å². The summed E-state index contributed by atoms with van der Waals surface area (Å²) in [4.78, 5) is 0. The maximum Gasteiger partial charge on any atom is 0.217 e. The van der Waals surface area contributed by atoms with E-state index in [1.54, 1.807) is 24.7 Å².